The zero-order chi connectivity index (χ0) is 24.8. The normalized spacial score (nSPS) is 10.7. The maximum atomic E-state index is 4.85. The van der Waals surface area contributed by atoms with Crippen molar-refractivity contribution in [2.24, 2.45) is 0 Å². The molecule has 0 unspecified atom stereocenters. The van der Waals surface area contributed by atoms with Crippen molar-refractivity contribution in [3.63, 3.8) is 0 Å². The highest BCUT2D eigenvalue weighted by molar-refractivity contribution is 7.96. The van der Waals surface area contributed by atoms with Crippen LogP contribution in [0.15, 0.2) is 90.8 Å². The van der Waals surface area contributed by atoms with Gasteiger partial charge in [-0.2, -0.15) is 0 Å². The Labute approximate surface area is 216 Å². The highest BCUT2D eigenvalue weighted by Gasteiger charge is 2.10. The van der Waals surface area contributed by atoms with E-state index in [-0.39, 0.29) is 0 Å². The van der Waals surface area contributed by atoms with E-state index in [1.54, 1.807) is 6.20 Å². The fraction of sp³-hybridized carbons (Fsp3) is 0.267. The van der Waals surface area contributed by atoms with Crippen molar-refractivity contribution in [1.29, 1.82) is 0 Å². The summed E-state index contributed by atoms with van der Waals surface area (Å²) in [6, 6.07) is 16.6. The summed E-state index contributed by atoms with van der Waals surface area (Å²) < 4.78 is 0. The van der Waals surface area contributed by atoms with Crippen LogP contribution in [-0.4, -0.2) is 13.1 Å². The second-order valence-corrected chi connectivity index (χ2v) is 8.70. The molecule has 2 aromatic rings. The zero-order valence-corrected chi connectivity index (χ0v) is 22.0. The van der Waals surface area contributed by atoms with Crippen molar-refractivity contribution in [3.8, 4) is 0 Å². The molecule has 4 heteroatoms. The first-order chi connectivity index (χ1) is 16.5. The van der Waals surface area contributed by atoms with Gasteiger partial charge in [0.05, 0.1) is 11.9 Å². The summed E-state index contributed by atoms with van der Waals surface area (Å²) >= 11 is 9.67. The highest BCUT2D eigenvalue weighted by atomic mass is 32.1. The van der Waals surface area contributed by atoms with Crippen LogP contribution in [-0.2, 0) is 0 Å². The molecule has 2 aromatic carbocycles. The molecule has 0 saturated carbocycles. The van der Waals surface area contributed by atoms with E-state index in [2.05, 4.69) is 84.4 Å². The maximum absolute atomic E-state index is 4.85. The van der Waals surface area contributed by atoms with Gasteiger partial charge in [0.15, 0.2) is 0 Å². The molecular weight excluding hydrogens is 452 g/mol. The van der Waals surface area contributed by atoms with E-state index in [4.69, 9.17) is 25.3 Å². The summed E-state index contributed by atoms with van der Waals surface area (Å²) in [5, 5.41) is 3.09. The molecule has 34 heavy (non-hydrogen) atoms. The number of nitrogens with zero attached hydrogens (tertiary/aromatic N) is 1. The first-order valence-electron chi connectivity index (χ1n) is 11.6. The second-order valence-electron chi connectivity index (χ2n) is 7.81. The molecule has 1 N–H and O–H groups in total. The highest BCUT2D eigenvalue weighted by Crippen LogP contribution is 2.34. The molecule has 0 fully saturated rings. The minimum absolute atomic E-state index is 0.729. The van der Waals surface area contributed by atoms with Gasteiger partial charge >= 0.3 is 0 Å². The molecule has 0 amide bonds. The molecule has 0 radical (unpaired) electrons. The number of unbranched alkanes of at least 4 members (excludes halogenated alkanes) is 2. The van der Waals surface area contributed by atoms with Gasteiger partial charge in [0.25, 0.3) is 0 Å². The first kappa shape index (κ1) is 27.3. The van der Waals surface area contributed by atoms with E-state index in [0.29, 0.717) is 0 Å². The van der Waals surface area contributed by atoms with Gasteiger partial charge < -0.3 is 10.2 Å². The van der Waals surface area contributed by atoms with E-state index in [1.807, 2.05) is 24.3 Å². The molecule has 0 saturated heterocycles. The number of rotatable bonds is 12. The molecule has 176 valence electrons. The van der Waals surface area contributed by atoms with E-state index in [0.717, 1.165) is 45.3 Å². The Morgan fingerprint density at radius 2 is 1.50 bits per heavy atom. The Kier molecular flexibility index (Phi) is 12.1. The summed E-state index contributed by atoms with van der Waals surface area (Å²) in [6.45, 7) is 13.7. The van der Waals surface area contributed by atoms with Gasteiger partial charge in [0, 0.05) is 34.2 Å². The minimum Gasteiger partial charge on any atom is -0.372 e. The lowest BCUT2D eigenvalue weighted by Crippen LogP contribution is -2.25. The predicted octanol–water partition coefficient (Wildman–Crippen LogP) is 8.10. The van der Waals surface area contributed by atoms with Crippen LogP contribution in [0.5, 0.6) is 0 Å². The van der Waals surface area contributed by atoms with Gasteiger partial charge in [-0.15, -0.1) is 25.3 Å². The topological polar surface area (TPSA) is 15.3 Å². The molecule has 0 heterocycles. The number of hydrogen-bond donors (Lipinski definition) is 3. The van der Waals surface area contributed by atoms with Gasteiger partial charge in [-0.05, 0) is 55.0 Å². The number of hydrogen-bond acceptors (Lipinski definition) is 4. The third-order valence-corrected chi connectivity index (χ3v) is 6.46. The summed E-state index contributed by atoms with van der Waals surface area (Å²) in [5.41, 5.74) is 16.0. The number of anilines is 1. The Morgan fingerprint density at radius 1 is 0.882 bits per heavy atom. The Balaban J connectivity index is 2.34. The molecule has 0 aromatic heterocycles. The minimum atomic E-state index is 0.729. The number of benzene rings is 2. The molecule has 0 atom stereocenters. The molecule has 0 aliphatic rings. The van der Waals surface area contributed by atoms with Gasteiger partial charge in [-0.1, -0.05) is 80.3 Å². The molecule has 0 aliphatic heterocycles. The summed E-state index contributed by atoms with van der Waals surface area (Å²) in [6.07, 6.45) is 6.37. The SMILES string of the molecule is C=C=C=CNC(=C=C=C)c1ccc(C(S)=C(S)c2cccc(N(CCCC)CCCC)c2)cc1. The van der Waals surface area contributed by atoms with Crippen molar-refractivity contribution in [3.05, 3.63) is 108 Å². The van der Waals surface area contributed by atoms with E-state index in [9.17, 15) is 0 Å². The third-order valence-electron chi connectivity index (χ3n) is 5.32. The molecule has 0 aliphatic carbocycles. The molecular formula is C30H34N2S2. The van der Waals surface area contributed by atoms with Crippen molar-refractivity contribution in [2.45, 2.75) is 39.5 Å². The third kappa shape index (κ3) is 8.14. The smallest absolute Gasteiger partial charge is 0.0974 e. The lowest BCUT2D eigenvalue weighted by Gasteiger charge is -2.25. The van der Waals surface area contributed by atoms with Crippen LogP contribution < -0.4 is 10.2 Å². The Morgan fingerprint density at radius 3 is 2.09 bits per heavy atom. The van der Waals surface area contributed by atoms with Crippen LogP contribution >= 0.6 is 25.3 Å². The van der Waals surface area contributed by atoms with Crippen LogP contribution in [0, 0.1) is 0 Å². The van der Waals surface area contributed by atoms with Crippen molar-refractivity contribution >= 4 is 46.5 Å². The van der Waals surface area contributed by atoms with Crippen molar-refractivity contribution < 1.29 is 0 Å². The molecule has 2 nitrogen and oxygen atoms in total. The number of thiol groups is 2. The van der Waals surface area contributed by atoms with Crippen LogP contribution in [0.1, 0.15) is 56.2 Å². The fourth-order valence-electron chi connectivity index (χ4n) is 3.43. The van der Waals surface area contributed by atoms with Crippen LogP contribution in [0.4, 0.5) is 5.69 Å². The average molecular weight is 487 g/mol. The van der Waals surface area contributed by atoms with Crippen molar-refractivity contribution in [1.82, 2.24) is 5.32 Å². The second kappa shape index (κ2) is 15.1. The molecule has 0 spiro atoms. The van der Waals surface area contributed by atoms with Gasteiger partial charge in [-0.3, -0.25) is 0 Å². The predicted molar refractivity (Wildman–Crippen MR) is 156 cm³/mol. The Bertz CT molecular complexity index is 1140. The zero-order valence-electron chi connectivity index (χ0n) is 20.2. The van der Waals surface area contributed by atoms with Crippen LogP contribution in [0.25, 0.3) is 15.5 Å². The van der Waals surface area contributed by atoms with Gasteiger partial charge in [0.1, 0.15) is 0 Å². The summed E-state index contributed by atoms with van der Waals surface area (Å²) in [7, 11) is 0. The van der Waals surface area contributed by atoms with E-state index >= 15 is 0 Å². The number of nitrogens with one attached hydrogen (secondary N) is 1. The van der Waals surface area contributed by atoms with Crippen molar-refractivity contribution in [2.75, 3.05) is 18.0 Å². The summed E-state index contributed by atoms with van der Waals surface area (Å²) in [5.74, 6) is 0. The van der Waals surface area contributed by atoms with Gasteiger partial charge in [-0.25, -0.2) is 0 Å². The van der Waals surface area contributed by atoms with Crippen LogP contribution in [0.2, 0.25) is 0 Å². The maximum Gasteiger partial charge on any atom is 0.0974 e. The molecule has 0 bridgehead atoms. The van der Waals surface area contributed by atoms with E-state index in [1.165, 1.54) is 31.4 Å². The summed E-state index contributed by atoms with van der Waals surface area (Å²) in [4.78, 5) is 4.16. The lowest BCUT2D eigenvalue weighted by atomic mass is 10.1. The quantitative estimate of drug-likeness (QED) is 0.160. The lowest BCUT2D eigenvalue weighted by molar-refractivity contribution is 0.678. The average Bonchev–Trinajstić information content (AvgIpc) is 2.87. The first-order valence-corrected chi connectivity index (χ1v) is 12.5. The van der Waals surface area contributed by atoms with Gasteiger partial charge in [0.2, 0.25) is 0 Å². The molecule has 2 rings (SSSR count). The Hall–Kier alpha value is -2.92. The van der Waals surface area contributed by atoms with E-state index < -0.39 is 0 Å². The fourth-order valence-corrected chi connectivity index (χ4v) is 3.97. The monoisotopic (exact) mass is 486 g/mol. The standard InChI is InChI=1S/C30H34N2S2/c1-5-9-20-31-28(13-8-4)24-16-18-25(19-17-24)29(33)30(34)26-14-12-15-27(23-26)32(21-10-6-2)22-11-7-3/h12,14-20,23,31,33-34H,1,4,6-7,10-11,21-22H2,2-3H3. The van der Waals surface area contributed by atoms with Crippen LogP contribution in [0.3, 0.4) is 0 Å². The largest absolute Gasteiger partial charge is 0.372 e.